The molecule has 0 amide bonds. The summed E-state index contributed by atoms with van der Waals surface area (Å²) in [5, 5.41) is 3.33. The van der Waals surface area contributed by atoms with E-state index in [1.54, 1.807) is 0 Å². The van der Waals surface area contributed by atoms with E-state index in [9.17, 15) is 0 Å². The molecule has 96 valence electrons. The van der Waals surface area contributed by atoms with E-state index in [-0.39, 0.29) is 0 Å². The first-order valence-corrected chi connectivity index (χ1v) is 6.23. The Hall–Kier alpha value is -1.75. The van der Waals surface area contributed by atoms with E-state index < -0.39 is 0 Å². The van der Waals surface area contributed by atoms with Crippen molar-refractivity contribution in [3.8, 4) is 0 Å². The largest absolute Gasteiger partial charge is 0.423 e. The highest BCUT2D eigenvalue weighted by atomic mass is 16.5. The lowest BCUT2D eigenvalue weighted by atomic mass is 9.98. The van der Waals surface area contributed by atoms with Crippen LogP contribution in [0.5, 0.6) is 0 Å². The second kappa shape index (κ2) is 4.49. The zero-order chi connectivity index (χ0) is 12.5. The maximum absolute atomic E-state index is 5.86. The highest BCUT2D eigenvalue weighted by Gasteiger charge is 2.23. The molecule has 1 saturated heterocycles. The minimum atomic E-state index is 0.341. The number of fused-ring (bicyclic) bond motifs is 1. The van der Waals surface area contributed by atoms with Crippen LogP contribution >= 0.6 is 0 Å². The van der Waals surface area contributed by atoms with Crippen LogP contribution in [0.15, 0.2) is 22.6 Å². The molecule has 0 radical (unpaired) electrons. The summed E-state index contributed by atoms with van der Waals surface area (Å²) in [4.78, 5) is 4.40. The summed E-state index contributed by atoms with van der Waals surface area (Å²) in [6.07, 6.45) is 0.968. The van der Waals surface area contributed by atoms with Crippen LogP contribution in [0.1, 0.15) is 13.3 Å². The van der Waals surface area contributed by atoms with E-state index in [1.807, 2.05) is 18.2 Å². The average Bonchev–Trinajstić information content (AvgIpc) is 2.76. The van der Waals surface area contributed by atoms with Crippen molar-refractivity contribution in [2.24, 2.45) is 5.92 Å². The van der Waals surface area contributed by atoms with Crippen LogP contribution in [0.2, 0.25) is 0 Å². The quantitative estimate of drug-likeness (QED) is 0.796. The van der Waals surface area contributed by atoms with Crippen LogP contribution in [0.25, 0.3) is 11.1 Å². The van der Waals surface area contributed by atoms with E-state index in [1.165, 1.54) is 0 Å². The van der Waals surface area contributed by atoms with Crippen LogP contribution in [0, 0.1) is 5.92 Å². The van der Waals surface area contributed by atoms with Crippen molar-refractivity contribution in [3.05, 3.63) is 18.2 Å². The normalized spacial score (nSPS) is 24.3. The first-order chi connectivity index (χ1) is 8.74. The summed E-state index contributed by atoms with van der Waals surface area (Å²) in [5.41, 5.74) is 7.94. The Morgan fingerprint density at radius 1 is 1.44 bits per heavy atom. The Labute approximate surface area is 105 Å². The number of rotatable bonds is 2. The molecule has 5 nitrogen and oxygen atoms in total. The predicted octanol–water partition coefficient (Wildman–Crippen LogP) is 2.25. The minimum absolute atomic E-state index is 0.341. The standard InChI is InChI=1S/C13H17N3O2/c1-8-7-17-6-5-10(8)15-13-16-12-9(14)3-2-4-11(12)18-13/h2-4,8,10H,5-7,14H2,1H3,(H,15,16). The first kappa shape index (κ1) is 11.3. The Balaban J connectivity index is 1.84. The lowest BCUT2D eigenvalue weighted by molar-refractivity contribution is 0.0532. The van der Waals surface area contributed by atoms with Gasteiger partial charge in [-0.15, -0.1) is 0 Å². The molecular formula is C13H17N3O2. The van der Waals surface area contributed by atoms with Gasteiger partial charge >= 0.3 is 0 Å². The third kappa shape index (κ3) is 2.01. The summed E-state index contributed by atoms with van der Waals surface area (Å²) in [6.45, 7) is 3.72. The number of nitrogens with zero attached hydrogens (tertiary/aromatic N) is 1. The van der Waals surface area contributed by atoms with E-state index >= 15 is 0 Å². The van der Waals surface area contributed by atoms with Gasteiger partial charge < -0.3 is 20.2 Å². The number of anilines is 2. The number of aromatic nitrogens is 1. The molecule has 0 saturated carbocycles. The fourth-order valence-electron chi connectivity index (χ4n) is 2.28. The maximum atomic E-state index is 5.86. The maximum Gasteiger partial charge on any atom is 0.295 e. The molecule has 3 rings (SSSR count). The number of benzene rings is 1. The van der Waals surface area contributed by atoms with Gasteiger partial charge in [-0.25, -0.2) is 0 Å². The molecule has 2 unspecified atom stereocenters. The number of para-hydroxylation sites is 1. The van der Waals surface area contributed by atoms with Crippen LogP contribution in [-0.2, 0) is 4.74 Å². The molecule has 0 bridgehead atoms. The van der Waals surface area contributed by atoms with Crippen molar-refractivity contribution in [1.82, 2.24) is 4.98 Å². The SMILES string of the molecule is CC1COCCC1Nc1nc2c(N)cccc2o1. The van der Waals surface area contributed by atoms with Gasteiger partial charge in [-0.3, -0.25) is 0 Å². The highest BCUT2D eigenvalue weighted by molar-refractivity contribution is 5.86. The van der Waals surface area contributed by atoms with Gasteiger partial charge in [0.05, 0.1) is 12.3 Å². The van der Waals surface area contributed by atoms with Crippen LogP contribution < -0.4 is 11.1 Å². The van der Waals surface area contributed by atoms with Crippen molar-refractivity contribution in [2.75, 3.05) is 24.3 Å². The molecule has 1 aliphatic heterocycles. The van der Waals surface area contributed by atoms with E-state index in [0.717, 1.165) is 30.7 Å². The molecule has 2 aromatic rings. The number of ether oxygens (including phenoxy) is 1. The Morgan fingerprint density at radius 3 is 3.11 bits per heavy atom. The molecule has 1 aromatic carbocycles. The third-order valence-electron chi connectivity index (χ3n) is 3.40. The van der Waals surface area contributed by atoms with Gasteiger partial charge in [0, 0.05) is 12.6 Å². The Kier molecular flexibility index (Phi) is 2.83. The molecule has 18 heavy (non-hydrogen) atoms. The van der Waals surface area contributed by atoms with Gasteiger partial charge in [-0.05, 0) is 24.5 Å². The Morgan fingerprint density at radius 2 is 2.33 bits per heavy atom. The van der Waals surface area contributed by atoms with Crippen molar-refractivity contribution in [3.63, 3.8) is 0 Å². The van der Waals surface area contributed by atoms with Crippen LogP contribution in [0.4, 0.5) is 11.7 Å². The molecule has 3 N–H and O–H groups in total. The topological polar surface area (TPSA) is 73.3 Å². The molecule has 1 aliphatic rings. The molecule has 2 atom stereocenters. The highest BCUT2D eigenvalue weighted by Crippen LogP contribution is 2.26. The molecule has 2 heterocycles. The summed E-state index contributed by atoms with van der Waals surface area (Å²) >= 11 is 0. The minimum Gasteiger partial charge on any atom is -0.423 e. The van der Waals surface area contributed by atoms with Gasteiger partial charge in [-0.1, -0.05) is 13.0 Å². The fraction of sp³-hybridized carbons (Fsp3) is 0.462. The molecular weight excluding hydrogens is 230 g/mol. The monoisotopic (exact) mass is 247 g/mol. The van der Waals surface area contributed by atoms with E-state index in [4.69, 9.17) is 14.9 Å². The smallest absolute Gasteiger partial charge is 0.295 e. The second-order valence-electron chi connectivity index (χ2n) is 4.80. The van der Waals surface area contributed by atoms with E-state index in [2.05, 4.69) is 17.2 Å². The summed E-state index contributed by atoms with van der Waals surface area (Å²) in [6, 6.07) is 6.45. The number of hydrogen-bond donors (Lipinski definition) is 2. The number of hydrogen-bond acceptors (Lipinski definition) is 5. The zero-order valence-corrected chi connectivity index (χ0v) is 10.3. The first-order valence-electron chi connectivity index (χ1n) is 6.23. The summed E-state index contributed by atoms with van der Waals surface area (Å²) in [7, 11) is 0. The van der Waals surface area contributed by atoms with Crippen LogP contribution in [-0.4, -0.2) is 24.2 Å². The number of nitrogens with two attached hydrogens (primary N) is 1. The average molecular weight is 247 g/mol. The van der Waals surface area contributed by atoms with Gasteiger partial charge in [-0.2, -0.15) is 4.98 Å². The lowest BCUT2D eigenvalue weighted by Crippen LogP contribution is -2.36. The van der Waals surface area contributed by atoms with Crippen molar-refractivity contribution in [2.45, 2.75) is 19.4 Å². The lowest BCUT2D eigenvalue weighted by Gasteiger charge is -2.28. The van der Waals surface area contributed by atoms with Gasteiger partial charge in [0.25, 0.3) is 6.01 Å². The zero-order valence-electron chi connectivity index (χ0n) is 10.3. The summed E-state index contributed by atoms with van der Waals surface area (Å²) < 4.78 is 11.1. The molecule has 5 heteroatoms. The van der Waals surface area contributed by atoms with Crippen molar-refractivity contribution in [1.29, 1.82) is 0 Å². The van der Waals surface area contributed by atoms with Crippen LogP contribution in [0.3, 0.4) is 0 Å². The number of nitrogens with one attached hydrogen (secondary N) is 1. The Bertz CT molecular complexity index is 552. The predicted molar refractivity (Wildman–Crippen MR) is 70.4 cm³/mol. The summed E-state index contributed by atoms with van der Waals surface area (Å²) in [5.74, 6) is 0.450. The third-order valence-corrected chi connectivity index (χ3v) is 3.40. The molecule has 1 fully saturated rings. The van der Waals surface area contributed by atoms with Crippen molar-refractivity contribution >= 4 is 22.8 Å². The number of oxazole rings is 1. The van der Waals surface area contributed by atoms with Crippen molar-refractivity contribution < 1.29 is 9.15 Å². The second-order valence-corrected chi connectivity index (χ2v) is 4.80. The fourth-order valence-corrected chi connectivity index (χ4v) is 2.28. The van der Waals surface area contributed by atoms with Gasteiger partial charge in [0.2, 0.25) is 0 Å². The van der Waals surface area contributed by atoms with Gasteiger partial charge in [0.15, 0.2) is 5.58 Å². The molecule has 0 spiro atoms. The molecule has 0 aliphatic carbocycles. The number of nitrogen functional groups attached to an aromatic ring is 1. The van der Waals surface area contributed by atoms with Gasteiger partial charge in [0.1, 0.15) is 5.52 Å². The van der Waals surface area contributed by atoms with E-state index in [0.29, 0.717) is 23.7 Å². The molecule has 1 aromatic heterocycles.